The van der Waals surface area contributed by atoms with Crippen LogP contribution in [0.3, 0.4) is 0 Å². The molecule has 5 heteroatoms. The van der Waals surface area contributed by atoms with Gasteiger partial charge in [-0.3, -0.25) is 4.79 Å². The summed E-state index contributed by atoms with van der Waals surface area (Å²) in [5, 5.41) is 1.03. The van der Waals surface area contributed by atoms with Gasteiger partial charge >= 0.3 is 0 Å². The van der Waals surface area contributed by atoms with Gasteiger partial charge in [0.1, 0.15) is 0 Å². The Kier molecular flexibility index (Phi) is 4.29. The molecule has 0 N–H and O–H groups in total. The number of benzene rings is 1. The van der Waals surface area contributed by atoms with Crippen molar-refractivity contribution in [3.05, 3.63) is 36.0 Å². The van der Waals surface area contributed by atoms with Gasteiger partial charge in [-0.25, -0.2) is 0 Å². The second-order valence-corrected chi connectivity index (χ2v) is 7.44. The van der Waals surface area contributed by atoms with E-state index >= 15 is 0 Å². The molecule has 0 spiro atoms. The summed E-state index contributed by atoms with van der Waals surface area (Å²) < 4.78 is 13.6. The van der Waals surface area contributed by atoms with Crippen LogP contribution < -0.4 is 0 Å². The maximum Gasteiger partial charge on any atom is 0.256 e. The first kappa shape index (κ1) is 16.6. The molecule has 2 atom stereocenters. The molecule has 2 saturated heterocycles. The quantitative estimate of drug-likeness (QED) is 0.861. The van der Waals surface area contributed by atoms with E-state index in [0.717, 1.165) is 48.9 Å². The number of methoxy groups -OCH3 is 1. The van der Waals surface area contributed by atoms with E-state index in [-0.39, 0.29) is 17.4 Å². The summed E-state index contributed by atoms with van der Waals surface area (Å²) in [6.07, 6.45) is 5.15. The molecule has 0 radical (unpaired) electrons. The van der Waals surface area contributed by atoms with Gasteiger partial charge in [-0.15, -0.1) is 0 Å². The van der Waals surface area contributed by atoms with Gasteiger partial charge in [0.2, 0.25) is 0 Å². The first-order valence-electron chi connectivity index (χ1n) is 9.08. The lowest BCUT2D eigenvalue weighted by atomic mass is 9.73. The molecule has 134 valence electrons. The number of piperidine rings is 1. The van der Waals surface area contributed by atoms with E-state index in [1.807, 2.05) is 40.9 Å². The number of hydrogen-bond acceptors (Lipinski definition) is 3. The van der Waals surface area contributed by atoms with Crippen LogP contribution in [0.5, 0.6) is 0 Å². The molecule has 2 fully saturated rings. The number of ether oxygens (including phenoxy) is 2. The summed E-state index contributed by atoms with van der Waals surface area (Å²) in [5.74, 6) is 0.122. The number of amides is 1. The average molecular weight is 342 g/mol. The van der Waals surface area contributed by atoms with Crippen molar-refractivity contribution in [2.45, 2.75) is 25.4 Å². The number of fused-ring (bicyclic) bond motifs is 2. The molecular formula is C20H26N2O3. The zero-order chi connectivity index (χ0) is 17.4. The second kappa shape index (κ2) is 6.46. The normalized spacial score (nSPS) is 26.6. The molecule has 25 heavy (non-hydrogen) atoms. The highest BCUT2D eigenvalue weighted by atomic mass is 16.5. The molecule has 0 saturated carbocycles. The maximum absolute atomic E-state index is 13.3. The Labute approximate surface area is 148 Å². The van der Waals surface area contributed by atoms with Crippen molar-refractivity contribution >= 4 is 16.8 Å². The van der Waals surface area contributed by atoms with Crippen molar-refractivity contribution < 1.29 is 14.3 Å². The lowest BCUT2D eigenvalue weighted by molar-refractivity contribution is -0.142. The number of para-hydroxylation sites is 1. The Morgan fingerprint density at radius 3 is 3.08 bits per heavy atom. The Hall–Kier alpha value is -1.85. The van der Waals surface area contributed by atoms with Crippen LogP contribution >= 0.6 is 0 Å². The van der Waals surface area contributed by atoms with Gasteiger partial charge in [0.15, 0.2) is 0 Å². The van der Waals surface area contributed by atoms with Gasteiger partial charge in [-0.2, -0.15) is 0 Å². The van der Waals surface area contributed by atoms with E-state index in [0.29, 0.717) is 13.2 Å². The number of aryl methyl sites for hydroxylation is 1. The third-order valence-corrected chi connectivity index (χ3v) is 5.83. The number of carbonyl (C=O) groups excluding carboxylic acids is 1. The highest BCUT2D eigenvalue weighted by molar-refractivity contribution is 6.07. The van der Waals surface area contributed by atoms with Crippen molar-refractivity contribution in [2.24, 2.45) is 12.5 Å². The Bertz CT molecular complexity index is 780. The fourth-order valence-corrected chi connectivity index (χ4v) is 4.64. The third-order valence-electron chi connectivity index (χ3n) is 5.83. The van der Waals surface area contributed by atoms with Crippen LogP contribution in [0, 0.1) is 5.41 Å². The topological polar surface area (TPSA) is 43.7 Å². The largest absolute Gasteiger partial charge is 0.384 e. The minimum Gasteiger partial charge on any atom is -0.384 e. The number of likely N-dealkylation sites (tertiary alicyclic amines) is 1. The second-order valence-electron chi connectivity index (χ2n) is 7.44. The Morgan fingerprint density at radius 2 is 2.24 bits per heavy atom. The molecule has 1 aromatic heterocycles. The predicted molar refractivity (Wildman–Crippen MR) is 96.7 cm³/mol. The van der Waals surface area contributed by atoms with Crippen molar-refractivity contribution in [3.63, 3.8) is 0 Å². The van der Waals surface area contributed by atoms with E-state index < -0.39 is 0 Å². The van der Waals surface area contributed by atoms with E-state index in [2.05, 4.69) is 6.07 Å². The molecule has 0 aliphatic carbocycles. The van der Waals surface area contributed by atoms with Gasteiger partial charge < -0.3 is 18.9 Å². The fraction of sp³-hybridized carbons (Fsp3) is 0.550. The number of hydrogen-bond donors (Lipinski definition) is 0. The van der Waals surface area contributed by atoms with E-state index in [9.17, 15) is 4.79 Å². The molecule has 4 rings (SSSR count). The van der Waals surface area contributed by atoms with Crippen LogP contribution in [-0.2, 0) is 16.5 Å². The number of rotatable bonds is 3. The molecule has 0 bridgehead atoms. The molecule has 1 amide bonds. The minimum atomic E-state index is -0.0640. The first-order chi connectivity index (χ1) is 12.1. The number of carbonyl (C=O) groups is 1. The van der Waals surface area contributed by atoms with E-state index in [1.54, 1.807) is 7.11 Å². The number of nitrogens with zero attached hydrogens (tertiary/aromatic N) is 2. The van der Waals surface area contributed by atoms with Gasteiger partial charge in [-0.05, 0) is 25.3 Å². The average Bonchev–Trinajstić information content (AvgIpc) is 2.98. The highest BCUT2D eigenvalue weighted by Gasteiger charge is 2.47. The molecule has 3 heterocycles. The van der Waals surface area contributed by atoms with Crippen LogP contribution in [0.4, 0.5) is 0 Å². The van der Waals surface area contributed by atoms with Crippen molar-refractivity contribution in [1.82, 2.24) is 9.47 Å². The molecule has 2 aliphatic rings. The van der Waals surface area contributed by atoms with Crippen LogP contribution in [0.2, 0.25) is 0 Å². The monoisotopic (exact) mass is 342 g/mol. The van der Waals surface area contributed by atoms with Gasteiger partial charge in [0.25, 0.3) is 5.91 Å². The Morgan fingerprint density at radius 1 is 1.40 bits per heavy atom. The highest BCUT2D eigenvalue weighted by Crippen LogP contribution is 2.41. The Balaban J connectivity index is 1.64. The molecule has 1 aromatic carbocycles. The van der Waals surface area contributed by atoms with E-state index in [1.165, 1.54) is 0 Å². The van der Waals surface area contributed by atoms with Crippen LogP contribution in [0.1, 0.15) is 29.6 Å². The molecule has 2 aromatic rings. The summed E-state index contributed by atoms with van der Waals surface area (Å²) in [6.45, 7) is 2.94. The van der Waals surface area contributed by atoms with Crippen LogP contribution in [-0.4, -0.2) is 54.9 Å². The van der Waals surface area contributed by atoms with Gasteiger partial charge in [-0.1, -0.05) is 18.2 Å². The van der Waals surface area contributed by atoms with Gasteiger partial charge in [0.05, 0.1) is 18.3 Å². The zero-order valence-electron chi connectivity index (χ0n) is 15.0. The minimum absolute atomic E-state index is 0.0640. The third kappa shape index (κ3) is 2.75. The van der Waals surface area contributed by atoms with Crippen molar-refractivity contribution in [2.75, 3.05) is 33.4 Å². The van der Waals surface area contributed by atoms with Crippen molar-refractivity contribution in [1.29, 1.82) is 0 Å². The molecule has 0 unspecified atom stereocenters. The summed E-state index contributed by atoms with van der Waals surface area (Å²) in [5.41, 5.74) is 1.82. The lowest BCUT2D eigenvalue weighted by Gasteiger charge is -2.50. The molecule has 5 nitrogen and oxygen atoms in total. The standard InChI is InChI=1S/C20H26N2O3/c1-21-12-16(15-6-3-4-7-17(15)21)19(23)22-10-8-18-20(13-22,14-24-2)9-5-11-25-18/h3-4,6-7,12,18H,5,8-11,13-14H2,1-2H3/t18-,20-/m1/s1. The summed E-state index contributed by atoms with van der Waals surface area (Å²) in [4.78, 5) is 15.3. The van der Waals surface area contributed by atoms with Crippen molar-refractivity contribution in [3.8, 4) is 0 Å². The summed E-state index contributed by atoms with van der Waals surface area (Å²) >= 11 is 0. The van der Waals surface area contributed by atoms with Gasteiger partial charge in [0, 0.05) is 56.4 Å². The maximum atomic E-state index is 13.3. The molecule has 2 aliphatic heterocycles. The van der Waals surface area contributed by atoms with Crippen LogP contribution in [0.25, 0.3) is 10.9 Å². The molecular weight excluding hydrogens is 316 g/mol. The smallest absolute Gasteiger partial charge is 0.256 e. The predicted octanol–water partition coefficient (Wildman–Crippen LogP) is 2.84. The van der Waals surface area contributed by atoms with E-state index in [4.69, 9.17) is 9.47 Å². The number of aromatic nitrogens is 1. The lowest BCUT2D eigenvalue weighted by Crippen LogP contribution is -2.58. The fourth-order valence-electron chi connectivity index (χ4n) is 4.64. The summed E-state index contributed by atoms with van der Waals surface area (Å²) in [7, 11) is 3.73. The first-order valence-corrected chi connectivity index (χ1v) is 9.08. The SMILES string of the molecule is COC[C@]12CCCO[C@@H]1CCN(C(=O)c1cn(C)c3ccccc13)C2. The zero-order valence-corrected chi connectivity index (χ0v) is 15.0. The summed E-state index contributed by atoms with van der Waals surface area (Å²) in [6, 6.07) is 8.09. The van der Waals surface area contributed by atoms with Crippen LogP contribution in [0.15, 0.2) is 30.5 Å².